The molecule has 0 aromatic heterocycles. The van der Waals surface area contributed by atoms with Gasteiger partial charge in [0.05, 0.1) is 5.56 Å². The van der Waals surface area contributed by atoms with Gasteiger partial charge in [0.1, 0.15) is 0 Å². The van der Waals surface area contributed by atoms with Crippen molar-refractivity contribution in [1.82, 2.24) is 0 Å². The summed E-state index contributed by atoms with van der Waals surface area (Å²) in [5.41, 5.74) is 6.68. The summed E-state index contributed by atoms with van der Waals surface area (Å²) in [4.78, 5) is 13.4. The third-order valence-corrected chi connectivity index (χ3v) is 4.31. The van der Waals surface area contributed by atoms with E-state index in [1.807, 2.05) is 12.1 Å². The average Bonchev–Trinajstić information content (AvgIpc) is 2.85. The Kier molecular flexibility index (Phi) is 3.42. The molecule has 0 atom stereocenters. The van der Waals surface area contributed by atoms with Crippen molar-refractivity contribution in [2.45, 2.75) is 26.8 Å². The van der Waals surface area contributed by atoms with Crippen LogP contribution in [0.3, 0.4) is 0 Å². The molecule has 1 aliphatic rings. The van der Waals surface area contributed by atoms with Crippen LogP contribution in [-0.4, -0.2) is 17.6 Å². The van der Waals surface area contributed by atoms with Gasteiger partial charge in [-0.25, -0.2) is 4.79 Å². The SMILES string of the molecule is Cc1cccc(C)c1CN1CCc2cc(C(=O)O)ccc21. The molecule has 0 bridgehead atoms. The van der Waals surface area contributed by atoms with E-state index in [2.05, 4.69) is 36.9 Å². The number of carboxylic acids is 1. The summed E-state index contributed by atoms with van der Waals surface area (Å²) in [5, 5.41) is 9.08. The zero-order chi connectivity index (χ0) is 15.0. The third kappa shape index (κ3) is 2.51. The molecule has 1 heterocycles. The van der Waals surface area contributed by atoms with E-state index in [0.29, 0.717) is 5.56 Å². The molecule has 2 aromatic carbocycles. The van der Waals surface area contributed by atoms with Crippen LogP contribution < -0.4 is 4.90 Å². The number of hydrogen-bond donors (Lipinski definition) is 1. The fourth-order valence-corrected chi connectivity index (χ4v) is 3.06. The van der Waals surface area contributed by atoms with Gasteiger partial charge < -0.3 is 10.0 Å². The summed E-state index contributed by atoms with van der Waals surface area (Å²) in [6.45, 7) is 6.13. The first kappa shape index (κ1) is 13.7. The monoisotopic (exact) mass is 281 g/mol. The van der Waals surface area contributed by atoms with E-state index < -0.39 is 5.97 Å². The highest BCUT2D eigenvalue weighted by molar-refractivity contribution is 5.88. The van der Waals surface area contributed by atoms with E-state index in [9.17, 15) is 4.79 Å². The molecule has 0 unspecified atom stereocenters. The molecule has 0 aliphatic carbocycles. The summed E-state index contributed by atoms with van der Waals surface area (Å²) in [6, 6.07) is 11.8. The van der Waals surface area contributed by atoms with Crippen molar-refractivity contribution in [3.8, 4) is 0 Å². The Morgan fingerprint density at radius 2 is 1.90 bits per heavy atom. The number of anilines is 1. The number of aromatic carboxylic acids is 1. The lowest BCUT2D eigenvalue weighted by molar-refractivity contribution is 0.0697. The normalized spacial score (nSPS) is 13.3. The van der Waals surface area contributed by atoms with Crippen molar-refractivity contribution >= 4 is 11.7 Å². The fraction of sp³-hybridized carbons (Fsp3) is 0.278. The van der Waals surface area contributed by atoms with Crippen LogP contribution >= 0.6 is 0 Å². The first-order chi connectivity index (χ1) is 10.1. The molecular formula is C18H19NO2. The second-order valence-electron chi connectivity index (χ2n) is 5.69. The highest BCUT2D eigenvalue weighted by Gasteiger charge is 2.21. The Balaban J connectivity index is 1.90. The van der Waals surface area contributed by atoms with E-state index >= 15 is 0 Å². The molecule has 3 rings (SSSR count). The molecule has 21 heavy (non-hydrogen) atoms. The summed E-state index contributed by atoms with van der Waals surface area (Å²) in [5.74, 6) is -0.856. The van der Waals surface area contributed by atoms with Crippen LogP contribution in [-0.2, 0) is 13.0 Å². The van der Waals surface area contributed by atoms with Gasteiger partial charge in [-0.05, 0) is 60.7 Å². The van der Waals surface area contributed by atoms with Gasteiger partial charge >= 0.3 is 5.97 Å². The zero-order valence-electron chi connectivity index (χ0n) is 12.4. The van der Waals surface area contributed by atoms with Crippen LogP contribution in [0.5, 0.6) is 0 Å². The Labute approximate surface area is 124 Å². The molecule has 0 radical (unpaired) electrons. The molecular weight excluding hydrogens is 262 g/mol. The van der Waals surface area contributed by atoms with E-state index in [1.54, 1.807) is 6.07 Å². The maximum atomic E-state index is 11.0. The van der Waals surface area contributed by atoms with Crippen LogP contribution in [0.15, 0.2) is 36.4 Å². The second kappa shape index (κ2) is 5.24. The van der Waals surface area contributed by atoms with Gasteiger partial charge in [-0.2, -0.15) is 0 Å². The van der Waals surface area contributed by atoms with Gasteiger partial charge in [-0.15, -0.1) is 0 Å². The maximum absolute atomic E-state index is 11.0. The quantitative estimate of drug-likeness (QED) is 0.935. The minimum absolute atomic E-state index is 0.377. The Morgan fingerprint density at radius 1 is 1.19 bits per heavy atom. The van der Waals surface area contributed by atoms with Crippen molar-refractivity contribution < 1.29 is 9.90 Å². The standard InChI is InChI=1S/C18H19NO2/c1-12-4-3-5-13(2)16(12)11-19-9-8-14-10-15(18(20)21)6-7-17(14)19/h3-7,10H,8-9,11H2,1-2H3,(H,20,21). The summed E-state index contributed by atoms with van der Waals surface area (Å²) in [7, 11) is 0. The summed E-state index contributed by atoms with van der Waals surface area (Å²) < 4.78 is 0. The van der Waals surface area contributed by atoms with Gasteiger partial charge in [0, 0.05) is 18.8 Å². The van der Waals surface area contributed by atoms with Gasteiger partial charge in [0.25, 0.3) is 0 Å². The number of aryl methyl sites for hydroxylation is 2. The average molecular weight is 281 g/mol. The molecule has 0 saturated heterocycles. The Hall–Kier alpha value is -2.29. The topological polar surface area (TPSA) is 40.5 Å². The number of benzene rings is 2. The molecule has 0 saturated carbocycles. The molecule has 3 heteroatoms. The minimum Gasteiger partial charge on any atom is -0.478 e. The van der Waals surface area contributed by atoms with Crippen LogP contribution in [0.25, 0.3) is 0 Å². The van der Waals surface area contributed by atoms with Crippen LogP contribution in [0.2, 0.25) is 0 Å². The van der Waals surface area contributed by atoms with Gasteiger partial charge in [0.15, 0.2) is 0 Å². The van der Waals surface area contributed by atoms with Crippen molar-refractivity contribution in [3.05, 3.63) is 64.2 Å². The second-order valence-corrected chi connectivity index (χ2v) is 5.69. The molecule has 1 aliphatic heterocycles. The lowest BCUT2D eigenvalue weighted by Crippen LogP contribution is -2.20. The lowest BCUT2D eigenvalue weighted by atomic mass is 10.0. The van der Waals surface area contributed by atoms with E-state index in [1.165, 1.54) is 22.4 Å². The number of nitrogens with zero attached hydrogens (tertiary/aromatic N) is 1. The van der Waals surface area contributed by atoms with Gasteiger partial charge in [-0.3, -0.25) is 0 Å². The predicted molar refractivity (Wildman–Crippen MR) is 84.1 cm³/mol. The first-order valence-electron chi connectivity index (χ1n) is 7.22. The lowest BCUT2D eigenvalue weighted by Gasteiger charge is -2.22. The van der Waals surface area contributed by atoms with Crippen molar-refractivity contribution in [3.63, 3.8) is 0 Å². The van der Waals surface area contributed by atoms with E-state index in [0.717, 1.165) is 25.1 Å². The molecule has 0 amide bonds. The number of hydrogen-bond acceptors (Lipinski definition) is 2. The predicted octanol–water partition coefficient (Wildman–Crippen LogP) is 3.56. The van der Waals surface area contributed by atoms with E-state index in [4.69, 9.17) is 5.11 Å². The molecule has 1 N–H and O–H groups in total. The van der Waals surface area contributed by atoms with Gasteiger partial charge in [0.2, 0.25) is 0 Å². The zero-order valence-corrected chi connectivity index (χ0v) is 12.4. The maximum Gasteiger partial charge on any atom is 0.335 e. The van der Waals surface area contributed by atoms with E-state index in [-0.39, 0.29) is 0 Å². The summed E-state index contributed by atoms with van der Waals surface area (Å²) >= 11 is 0. The van der Waals surface area contributed by atoms with Crippen molar-refractivity contribution in [1.29, 1.82) is 0 Å². The van der Waals surface area contributed by atoms with Crippen LogP contribution in [0.1, 0.15) is 32.6 Å². The fourth-order valence-electron chi connectivity index (χ4n) is 3.06. The highest BCUT2D eigenvalue weighted by Crippen LogP contribution is 2.31. The number of carboxylic acid groups (broad SMARTS) is 1. The minimum atomic E-state index is -0.856. The number of fused-ring (bicyclic) bond motifs is 1. The van der Waals surface area contributed by atoms with Crippen molar-refractivity contribution in [2.75, 3.05) is 11.4 Å². The van der Waals surface area contributed by atoms with Crippen LogP contribution in [0.4, 0.5) is 5.69 Å². The number of carbonyl (C=O) groups is 1. The molecule has 0 spiro atoms. The summed E-state index contributed by atoms with van der Waals surface area (Å²) in [6.07, 6.45) is 0.918. The largest absolute Gasteiger partial charge is 0.478 e. The van der Waals surface area contributed by atoms with Crippen molar-refractivity contribution in [2.24, 2.45) is 0 Å². The molecule has 3 nitrogen and oxygen atoms in total. The highest BCUT2D eigenvalue weighted by atomic mass is 16.4. The number of rotatable bonds is 3. The molecule has 2 aromatic rings. The first-order valence-corrected chi connectivity index (χ1v) is 7.22. The Morgan fingerprint density at radius 3 is 2.57 bits per heavy atom. The molecule has 0 fully saturated rings. The third-order valence-electron chi connectivity index (χ3n) is 4.31. The smallest absolute Gasteiger partial charge is 0.335 e. The Bertz CT molecular complexity index is 686. The van der Waals surface area contributed by atoms with Gasteiger partial charge in [-0.1, -0.05) is 18.2 Å². The van der Waals surface area contributed by atoms with Crippen LogP contribution in [0, 0.1) is 13.8 Å². The molecule has 108 valence electrons.